The molecule has 0 radical (unpaired) electrons. The van der Waals surface area contributed by atoms with Gasteiger partial charge in [-0.25, -0.2) is 4.98 Å². The second-order valence-corrected chi connectivity index (χ2v) is 7.80. The van der Waals surface area contributed by atoms with Crippen molar-refractivity contribution in [2.24, 2.45) is 0 Å². The first-order valence-corrected chi connectivity index (χ1v) is 9.24. The number of amides is 1. The average molecular weight is 343 g/mol. The van der Waals surface area contributed by atoms with Gasteiger partial charge in [-0.05, 0) is 49.8 Å². The number of rotatable bonds is 3. The van der Waals surface area contributed by atoms with Crippen LogP contribution in [0, 0.1) is 6.92 Å². The molecule has 2 atom stereocenters. The largest absolute Gasteiger partial charge is 0.392 e. The van der Waals surface area contributed by atoms with Crippen LogP contribution < -0.4 is 10.6 Å². The summed E-state index contributed by atoms with van der Waals surface area (Å²) < 4.78 is 0. The van der Waals surface area contributed by atoms with Crippen molar-refractivity contribution in [3.63, 3.8) is 0 Å². The molecule has 2 heterocycles. The number of β-amino-alcohol motifs (C(OH)–C–C–N with tert-alkyl or cyclic N) is 1. The van der Waals surface area contributed by atoms with Crippen LogP contribution in [0.4, 0.5) is 5.13 Å². The van der Waals surface area contributed by atoms with Gasteiger partial charge in [0.25, 0.3) is 0 Å². The van der Waals surface area contributed by atoms with E-state index in [0.29, 0.717) is 18.1 Å². The molecule has 6 heteroatoms. The fraction of sp³-hybridized carbons (Fsp3) is 0.444. The molecule has 2 unspecified atom stereocenters. The minimum atomic E-state index is -0.444. The van der Waals surface area contributed by atoms with E-state index in [-0.39, 0.29) is 11.9 Å². The van der Waals surface area contributed by atoms with Crippen LogP contribution in [0.2, 0.25) is 0 Å². The van der Waals surface area contributed by atoms with Crippen molar-refractivity contribution in [3.8, 4) is 11.3 Å². The lowest BCUT2D eigenvalue weighted by atomic mass is 10.0. The van der Waals surface area contributed by atoms with Gasteiger partial charge in [-0.1, -0.05) is 12.1 Å². The molecule has 0 bridgehead atoms. The van der Waals surface area contributed by atoms with E-state index in [0.717, 1.165) is 22.6 Å². The van der Waals surface area contributed by atoms with Crippen LogP contribution in [0.3, 0.4) is 0 Å². The normalized spacial score (nSPS) is 22.6. The van der Waals surface area contributed by atoms with E-state index >= 15 is 0 Å². The van der Waals surface area contributed by atoms with Crippen molar-refractivity contribution in [1.82, 2.24) is 10.3 Å². The molecule has 5 nitrogen and oxygen atoms in total. The summed E-state index contributed by atoms with van der Waals surface area (Å²) in [5.74, 6) is -0.124. The third-order valence-corrected chi connectivity index (χ3v) is 5.71. The number of carbonyl (C=O) groups excluding carboxylic acids is 1. The van der Waals surface area contributed by atoms with Crippen molar-refractivity contribution in [2.45, 2.75) is 44.8 Å². The molecular weight excluding hydrogens is 322 g/mol. The molecular formula is C18H21N3O2S. The maximum atomic E-state index is 12.3. The highest BCUT2D eigenvalue weighted by atomic mass is 32.1. The van der Waals surface area contributed by atoms with Gasteiger partial charge in [0.15, 0.2) is 5.13 Å². The summed E-state index contributed by atoms with van der Waals surface area (Å²) >= 11 is 1.50. The predicted molar refractivity (Wildman–Crippen MR) is 95.4 cm³/mol. The molecule has 1 aliphatic carbocycles. The van der Waals surface area contributed by atoms with E-state index in [9.17, 15) is 9.90 Å². The summed E-state index contributed by atoms with van der Waals surface area (Å²) in [5.41, 5.74) is 4.95. The molecule has 4 rings (SSSR count). The summed E-state index contributed by atoms with van der Waals surface area (Å²) in [4.78, 5) is 18.0. The quantitative estimate of drug-likeness (QED) is 0.799. The standard InChI is InChI=1S/C18H21N3O2S/c1-10-16(13-6-5-11-3-2-4-12(11)7-13)20-18(24-10)21-17(23)15-8-14(22)9-19-15/h5-7,14-15,19,22H,2-4,8-9H2,1H3,(H,20,21,23). The molecule has 126 valence electrons. The van der Waals surface area contributed by atoms with Crippen molar-refractivity contribution in [2.75, 3.05) is 11.9 Å². The molecule has 1 saturated heterocycles. The van der Waals surface area contributed by atoms with E-state index in [1.54, 1.807) is 0 Å². The first-order chi connectivity index (χ1) is 11.6. The predicted octanol–water partition coefficient (Wildman–Crippen LogP) is 2.27. The Hall–Kier alpha value is -1.76. The highest BCUT2D eigenvalue weighted by molar-refractivity contribution is 7.16. The highest BCUT2D eigenvalue weighted by Gasteiger charge is 2.28. The number of aliphatic hydroxyl groups is 1. The topological polar surface area (TPSA) is 74.2 Å². The van der Waals surface area contributed by atoms with Gasteiger partial charge < -0.3 is 15.7 Å². The minimum Gasteiger partial charge on any atom is -0.392 e. The number of aryl methyl sites for hydroxylation is 3. The van der Waals surface area contributed by atoms with Crippen LogP contribution in [0.5, 0.6) is 0 Å². The molecule has 1 aliphatic heterocycles. The fourth-order valence-electron chi connectivity index (χ4n) is 3.55. The van der Waals surface area contributed by atoms with Crippen LogP contribution in [-0.2, 0) is 17.6 Å². The number of thiazole rings is 1. The minimum absolute atomic E-state index is 0.124. The van der Waals surface area contributed by atoms with Crippen molar-refractivity contribution in [1.29, 1.82) is 0 Å². The molecule has 2 aliphatic rings. The van der Waals surface area contributed by atoms with Gasteiger partial charge in [-0.15, -0.1) is 11.3 Å². The maximum Gasteiger partial charge on any atom is 0.243 e. The van der Waals surface area contributed by atoms with Gasteiger partial charge in [0, 0.05) is 17.0 Å². The maximum absolute atomic E-state index is 12.3. The third-order valence-electron chi connectivity index (χ3n) is 4.82. The van der Waals surface area contributed by atoms with Crippen LogP contribution in [0.25, 0.3) is 11.3 Å². The van der Waals surface area contributed by atoms with Gasteiger partial charge in [0.2, 0.25) is 5.91 Å². The lowest BCUT2D eigenvalue weighted by molar-refractivity contribution is -0.117. The van der Waals surface area contributed by atoms with Gasteiger partial charge >= 0.3 is 0 Å². The molecule has 0 spiro atoms. The lowest BCUT2D eigenvalue weighted by Gasteiger charge is -2.08. The van der Waals surface area contributed by atoms with E-state index in [1.807, 2.05) is 6.92 Å². The number of hydrogen-bond acceptors (Lipinski definition) is 5. The summed E-state index contributed by atoms with van der Waals surface area (Å²) in [7, 11) is 0. The zero-order chi connectivity index (χ0) is 16.7. The van der Waals surface area contributed by atoms with Gasteiger partial charge in [-0.2, -0.15) is 0 Å². The molecule has 0 saturated carbocycles. The Bertz CT molecular complexity index is 787. The monoisotopic (exact) mass is 343 g/mol. The number of benzene rings is 1. The summed E-state index contributed by atoms with van der Waals surface area (Å²) in [6.45, 7) is 2.50. The second-order valence-electron chi connectivity index (χ2n) is 6.60. The van der Waals surface area contributed by atoms with Crippen molar-refractivity contribution in [3.05, 3.63) is 34.2 Å². The number of aromatic nitrogens is 1. The molecule has 1 fully saturated rings. The first kappa shape index (κ1) is 15.7. The molecule has 1 aromatic heterocycles. The van der Waals surface area contributed by atoms with Crippen molar-refractivity contribution >= 4 is 22.4 Å². The smallest absolute Gasteiger partial charge is 0.243 e. The Morgan fingerprint density at radius 2 is 2.21 bits per heavy atom. The Morgan fingerprint density at radius 1 is 1.38 bits per heavy atom. The Labute approximate surface area is 145 Å². The van der Waals surface area contributed by atoms with Gasteiger partial charge in [0.1, 0.15) is 0 Å². The highest BCUT2D eigenvalue weighted by Crippen LogP contribution is 2.33. The molecule has 3 N–H and O–H groups in total. The zero-order valence-corrected chi connectivity index (χ0v) is 14.4. The zero-order valence-electron chi connectivity index (χ0n) is 13.6. The van der Waals surface area contributed by atoms with E-state index in [2.05, 4.69) is 33.8 Å². The molecule has 1 amide bonds. The first-order valence-electron chi connectivity index (χ1n) is 8.42. The number of anilines is 1. The molecule has 24 heavy (non-hydrogen) atoms. The van der Waals surface area contributed by atoms with Crippen molar-refractivity contribution < 1.29 is 9.90 Å². The SMILES string of the molecule is Cc1sc(NC(=O)C2CC(O)CN2)nc1-c1ccc2c(c1)CCC2. The van der Waals surface area contributed by atoms with E-state index in [4.69, 9.17) is 0 Å². The van der Waals surface area contributed by atoms with Gasteiger partial charge in [-0.3, -0.25) is 4.79 Å². The van der Waals surface area contributed by atoms with E-state index < -0.39 is 6.10 Å². The number of carbonyl (C=O) groups is 1. The van der Waals surface area contributed by atoms with Crippen LogP contribution >= 0.6 is 11.3 Å². The second kappa shape index (κ2) is 6.27. The number of nitrogens with one attached hydrogen (secondary N) is 2. The van der Waals surface area contributed by atoms with Gasteiger partial charge in [0.05, 0.1) is 17.8 Å². The Morgan fingerprint density at radius 3 is 3.00 bits per heavy atom. The number of hydrogen-bond donors (Lipinski definition) is 3. The summed E-state index contributed by atoms with van der Waals surface area (Å²) in [6.07, 6.45) is 3.56. The summed E-state index contributed by atoms with van der Waals surface area (Å²) in [5, 5.41) is 16.1. The Balaban J connectivity index is 1.53. The third kappa shape index (κ3) is 2.97. The summed E-state index contributed by atoms with van der Waals surface area (Å²) in [6, 6.07) is 6.24. The van der Waals surface area contributed by atoms with E-state index in [1.165, 1.54) is 35.3 Å². The number of aliphatic hydroxyl groups excluding tert-OH is 1. The average Bonchev–Trinajstić information content (AvgIpc) is 3.26. The molecule has 1 aromatic carbocycles. The number of fused-ring (bicyclic) bond motifs is 1. The Kier molecular flexibility index (Phi) is 4.12. The fourth-order valence-corrected chi connectivity index (χ4v) is 4.38. The van der Waals surface area contributed by atoms with Crippen LogP contribution in [-0.4, -0.2) is 34.7 Å². The van der Waals surface area contributed by atoms with Crippen LogP contribution in [0.1, 0.15) is 28.8 Å². The molecule has 2 aromatic rings. The van der Waals surface area contributed by atoms with Crippen LogP contribution in [0.15, 0.2) is 18.2 Å². The number of nitrogens with zero attached hydrogens (tertiary/aromatic N) is 1. The lowest BCUT2D eigenvalue weighted by Crippen LogP contribution is -2.35.